The molecule has 1 saturated heterocycles. The molecule has 0 spiro atoms. The molecule has 0 bridgehead atoms. The maximum Gasteiger partial charge on any atom is 0.106 e. The van der Waals surface area contributed by atoms with Crippen LogP contribution in [0.2, 0.25) is 0 Å². The van der Waals surface area contributed by atoms with Gasteiger partial charge in [-0.05, 0) is 42.0 Å². The monoisotopic (exact) mass is 287 g/mol. The highest BCUT2D eigenvalue weighted by molar-refractivity contribution is 5.76. The molecule has 1 atom stereocenters. The van der Waals surface area contributed by atoms with Gasteiger partial charge in [0.15, 0.2) is 0 Å². The highest BCUT2D eigenvalue weighted by Gasteiger charge is 2.24. The third-order valence-electron chi connectivity index (χ3n) is 3.89. The summed E-state index contributed by atoms with van der Waals surface area (Å²) in [7, 11) is 0. The molecule has 1 unspecified atom stereocenters. The summed E-state index contributed by atoms with van der Waals surface area (Å²) in [5.41, 5.74) is 4.72. The van der Waals surface area contributed by atoms with Gasteiger partial charge in [-0.15, -0.1) is 0 Å². The molecule has 0 radical (unpaired) electrons. The van der Waals surface area contributed by atoms with Crippen LogP contribution in [-0.4, -0.2) is 6.61 Å². The van der Waals surface area contributed by atoms with Gasteiger partial charge in [0.1, 0.15) is 6.10 Å². The van der Waals surface area contributed by atoms with Crippen LogP contribution in [-0.2, 0) is 4.74 Å². The van der Waals surface area contributed by atoms with Crippen molar-refractivity contribution < 1.29 is 4.74 Å². The molecule has 22 heavy (non-hydrogen) atoms. The predicted octanol–water partition coefficient (Wildman–Crippen LogP) is 5.23. The van der Waals surface area contributed by atoms with Crippen LogP contribution >= 0.6 is 0 Å². The summed E-state index contributed by atoms with van der Waals surface area (Å²) < 4.78 is 5.35. The Kier molecular flexibility index (Phi) is 3.37. The average molecular weight is 287 g/mol. The van der Waals surface area contributed by atoms with Gasteiger partial charge in [0.05, 0.1) is 6.61 Å². The van der Waals surface area contributed by atoms with Crippen molar-refractivity contribution in [2.75, 3.05) is 11.5 Å². The van der Waals surface area contributed by atoms with Crippen molar-refractivity contribution in [1.29, 1.82) is 0 Å². The van der Waals surface area contributed by atoms with Crippen molar-refractivity contribution in [3.05, 3.63) is 90.5 Å². The van der Waals surface area contributed by atoms with Crippen molar-refractivity contribution in [1.82, 2.24) is 0 Å². The summed E-state index contributed by atoms with van der Waals surface area (Å²) in [5, 5.41) is 0. The summed E-state index contributed by atoms with van der Waals surface area (Å²) in [6.45, 7) is 0.848. The number of rotatable bonds is 4. The first-order chi connectivity index (χ1) is 10.9. The quantitative estimate of drug-likeness (QED) is 0.611. The van der Waals surface area contributed by atoms with Crippen LogP contribution in [0.4, 0.5) is 17.1 Å². The van der Waals surface area contributed by atoms with Crippen molar-refractivity contribution in [3.8, 4) is 0 Å². The van der Waals surface area contributed by atoms with Gasteiger partial charge >= 0.3 is 0 Å². The standard InChI is InChI=1S/C20H17NO/c1-3-7-17(8-4-1)21(18-9-5-2-6-10-18)19-13-11-16(12-14-19)20-15-22-20/h1-14,20H,15H2. The van der Waals surface area contributed by atoms with Crippen molar-refractivity contribution in [2.24, 2.45) is 0 Å². The second-order valence-electron chi connectivity index (χ2n) is 5.42. The number of anilines is 3. The fraction of sp³-hybridized carbons (Fsp3) is 0.100. The van der Waals surface area contributed by atoms with E-state index in [0.29, 0.717) is 6.10 Å². The Labute approximate surface area is 130 Å². The van der Waals surface area contributed by atoms with Crippen molar-refractivity contribution in [3.63, 3.8) is 0 Å². The van der Waals surface area contributed by atoms with Crippen LogP contribution < -0.4 is 4.90 Å². The number of benzene rings is 3. The van der Waals surface area contributed by atoms with E-state index in [2.05, 4.69) is 77.7 Å². The Morgan fingerprint density at radius 3 is 1.55 bits per heavy atom. The molecule has 3 aromatic rings. The second kappa shape index (κ2) is 5.66. The Morgan fingerprint density at radius 2 is 1.09 bits per heavy atom. The Balaban J connectivity index is 1.76. The fourth-order valence-electron chi connectivity index (χ4n) is 2.68. The molecule has 2 heteroatoms. The largest absolute Gasteiger partial charge is 0.368 e. The summed E-state index contributed by atoms with van der Waals surface area (Å²) in [6.07, 6.45) is 0.302. The van der Waals surface area contributed by atoms with Gasteiger partial charge in [-0.1, -0.05) is 48.5 Å². The van der Waals surface area contributed by atoms with Crippen LogP contribution in [0.3, 0.4) is 0 Å². The zero-order valence-electron chi connectivity index (χ0n) is 12.2. The number of para-hydroxylation sites is 2. The molecule has 1 aliphatic rings. The van der Waals surface area contributed by atoms with Gasteiger partial charge in [-0.25, -0.2) is 0 Å². The predicted molar refractivity (Wildman–Crippen MR) is 89.8 cm³/mol. The Hall–Kier alpha value is -2.58. The molecule has 4 rings (SSSR count). The van der Waals surface area contributed by atoms with E-state index >= 15 is 0 Å². The molecule has 2 nitrogen and oxygen atoms in total. The third kappa shape index (κ3) is 2.61. The van der Waals surface area contributed by atoms with Crippen LogP contribution in [0.25, 0.3) is 0 Å². The first-order valence-electron chi connectivity index (χ1n) is 7.53. The summed E-state index contributed by atoms with van der Waals surface area (Å²) in [6, 6.07) is 29.5. The lowest BCUT2D eigenvalue weighted by Gasteiger charge is -2.25. The topological polar surface area (TPSA) is 15.8 Å². The zero-order chi connectivity index (χ0) is 14.8. The van der Waals surface area contributed by atoms with Crippen LogP contribution in [0.5, 0.6) is 0 Å². The molecule has 0 aromatic heterocycles. The van der Waals surface area contributed by atoms with E-state index in [4.69, 9.17) is 4.74 Å². The fourth-order valence-corrected chi connectivity index (χ4v) is 2.68. The van der Waals surface area contributed by atoms with Crippen LogP contribution in [0, 0.1) is 0 Å². The molecule has 108 valence electrons. The van der Waals surface area contributed by atoms with E-state index in [1.165, 1.54) is 5.56 Å². The van der Waals surface area contributed by atoms with Gasteiger partial charge in [0.25, 0.3) is 0 Å². The SMILES string of the molecule is c1ccc(N(c2ccccc2)c2ccc(C3CO3)cc2)cc1. The lowest BCUT2D eigenvalue weighted by Crippen LogP contribution is -2.09. The van der Waals surface area contributed by atoms with Crippen molar-refractivity contribution in [2.45, 2.75) is 6.10 Å². The summed E-state index contributed by atoms with van der Waals surface area (Å²) >= 11 is 0. The minimum Gasteiger partial charge on any atom is -0.368 e. The van der Waals surface area contributed by atoms with Gasteiger partial charge in [-0.2, -0.15) is 0 Å². The van der Waals surface area contributed by atoms with Gasteiger partial charge in [0, 0.05) is 17.1 Å². The summed E-state index contributed by atoms with van der Waals surface area (Å²) in [4.78, 5) is 2.26. The van der Waals surface area contributed by atoms with E-state index in [1.807, 2.05) is 12.1 Å². The number of ether oxygens (including phenoxy) is 1. The molecule has 0 amide bonds. The number of nitrogens with zero attached hydrogens (tertiary/aromatic N) is 1. The molecular formula is C20H17NO. The van der Waals surface area contributed by atoms with Crippen molar-refractivity contribution >= 4 is 17.1 Å². The average Bonchev–Trinajstić information content (AvgIpc) is 3.43. The van der Waals surface area contributed by atoms with E-state index in [1.54, 1.807) is 0 Å². The summed E-state index contributed by atoms with van der Waals surface area (Å²) in [5.74, 6) is 0. The normalized spacial score (nSPS) is 16.3. The molecule has 1 heterocycles. The molecule has 3 aromatic carbocycles. The van der Waals surface area contributed by atoms with E-state index in [-0.39, 0.29) is 0 Å². The molecule has 0 saturated carbocycles. The van der Waals surface area contributed by atoms with Gasteiger partial charge in [0.2, 0.25) is 0 Å². The smallest absolute Gasteiger partial charge is 0.106 e. The lowest BCUT2D eigenvalue weighted by molar-refractivity contribution is 0.415. The van der Waals surface area contributed by atoms with E-state index < -0.39 is 0 Å². The maximum atomic E-state index is 5.35. The minimum atomic E-state index is 0.302. The highest BCUT2D eigenvalue weighted by Crippen LogP contribution is 2.36. The van der Waals surface area contributed by atoms with E-state index in [9.17, 15) is 0 Å². The second-order valence-corrected chi connectivity index (χ2v) is 5.42. The molecular weight excluding hydrogens is 270 g/mol. The molecule has 1 aliphatic heterocycles. The first kappa shape index (κ1) is 13.1. The highest BCUT2D eigenvalue weighted by atomic mass is 16.6. The van der Waals surface area contributed by atoms with Gasteiger partial charge < -0.3 is 9.64 Å². The van der Waals surface area contributed by atoms with Crippen LogP contribution in [0.1, 0.15) is 11.7 Å². The Bertz CT molecular complexity index is 694. The molecule has 0 aliphatic carbocycles. The number of hydrogen-bond acceptors (Lipinski definition) is 2. The van der Waals surface area contributed by atoms with E-state index in [0.717, 1.165) is 23.7 Å². The zero-order valence-corrected chi connectivity index (χ0v) is 12.2. The minimum absolute atomic E-state index is 0.302. The number of epoxide rings is 1. The Morgan fingerprint density at radius 1 is 0.636 bits per heavy atom. The van der Waals surface area contributed by atoms with Gasteiger partial charge in [-0.3, -0.25) is 0 Å². The lowest BCUT2D eigenvalue weighted by atomic mass is 10.1. The molecule has 0 N–H and O–H groups in total. The third-order valence-corrected chi connectivity index (χ3v) is 3.89. The maximum absolute atomic E-state index is 5.35. The number of hydrogen-bond donors (Lipinski definition) is 0. The van der Waals surface area contributed by atoms with Crippen LogP contribution in [0.15, 0.2) is 84.9 Å². The molecule has 1 fully saturated rings. The first-order valence-corrected chi connectivity index (χ1v) is 7.53.